The van der Waals surface area contributed by atoms with Gasteiger partial charge in [0.2, 0.25) is 0 Å². The molecule has 1 fully saturated rings. The van der Waals surface area contributed by atoms with Gasteiger partial charge in [0.15, 0.2) is 11.4 Å². The number of para-hydroxylation sites is 3. The minimum Gasteiger partial charge on any atom is -0.497 e. The molecule has 264 valence electrons. The number of rotatable bonds is 8. The van der Waals surface area contributed by atoms with Crippen LogP contribution >= 0.6 is 0 Å². The zero-order valence-electron chi connectivity index (χ0n) is 29.8. The van der Waals surface area contributed by atoms with Crippen molar-refractivity contribution in [3.63, 3.8) is 0 Å². The van der Waals surface area contributed by atoms with Crippen molar-refractivity contribution in [3.8, 4) is 17.2 Å². The third-order valence-electron chi connectivity index (χ3n) is 11.3. The Morgan fingerprint density at radius 2 is 1.52 bits per heavy atom. The van der Waals surface area contributed by atoms with Crippen LogP contribution in [0.5, 0.6) is 17.2 Å². The summed E-state index contributed by atoms with van der Waals surface area (Å²) in [5.41, 5.74) is 3.31. The van der Waals surface area contributed by atoms with Gasteiger partial charge in [0.05, 0.1) is 36.7 Å². The molecule has 0 aliphatic carbocycles. The lowest BCUT2D eigenvalue weighted by molar-refractivity contribution is -0.146. The first-order valence-electron chi connectivity index (χ1n) is 17.8. The topological polar surface area (TPSA) is 88.5 Å². The summed E-state index contributed by atoms with van der Waals surface area (Å²) >= 11 is 0. The van der Waals surface area contributed by atoms with Crippen molar-refractivity contribution < 1.29 is 28.9 Å². The summed E-state index contributed by atoms with van der Waals surface area (Å²) in [5, 5.41) is 10.4. The number of amides is 2. The zero-order valence-corrected chi connectivity index (χ0v) is 29.8. The van der Waals surface area contributed by atoms with Crippen molar-refractivity contribution in [2.75, 3.05) is 23.5 Å². The largest absolute Gasteiger partial charge is 0.497 e. The standard InChI is InChI=1S/C44H42N2O6/c1-28-40(43(2,3)30-18-21-32(50-4)22-19-30)39(24-25-47)52-44(28)34-26-31(20-23-35(34)45(42(44)49)27-29-12-6-5-7-13-29)46-36-15-9-11-17-38(36)51-37-16-10-8-14-33(37)41(46)48/h5-23,26,28,39-40,47H,24-25,27H2,1-4H3/t28-,39+,40-,44+/m0/s1. The third-order valence-corrected chi connectivity index (χ3v) is 11.3. The number of nitrogens with zero attached hydrogens (tertiary/aromatic N) is 2. The molecular weight excluding hydrogens is 652 g/mol. The number of hydrogen-bond donors (Lipinski definition) is 1. The molecule has 0 unspecified atom stereocenters. The van der Waals surface area contributed by atoms with E-state index in [0.29, 0.717) is 47.0 Å². The van der Waals surface area contributed by atoms with Gasteiger partial charge in [-0.2, -0.15) is 0 Å². The molecule has 5 aromatic rings. The summed E-state index contributed by atoms with van der Waals surface area (Å²) in [6.07, 6.45) is -0.0706. The van der Waals surface area contributed by atoms with Crippen LogP contribution in [0.3, 0.4) is 0 Å². The van der Waals surface area contributed by atoms with E-state index in [1.807, 2.05) is 102 Å². The number of benzene rings is 5. The van der Waals surface area contributed by atoms with E-state index in [0.717, 1.165) is 22.6 Å². The first-order valence-corrected chi connectivity index (χ1v) is 17.8. The average Bonchev–Trinajstić information content (AvgIpc) is 3.53. The molecule has 1 saturated heterocycles. The number of methoxy groups -OCH3 is 1. The van der Waals surface area contributed by atoms with Gasteiger partial charge >= 0.3 is 0 Å². The average molecular weight is 695 g/mol. The van der Waals surface area contributed by atoms with E-state index in [2.05, 4.69) is 32.9 Å². The monoisotopic (exact) mass is 694 g/mol. The van der Waals surface area contributed by atoms with Crippen molar-refractivity contribution in [2.45, 2.75) is 50.9 Å². The van der Waals surface area contributed by atoms with Crippen LogP contribution in [-0.2, 0) is 27.1 Å². The molecule has 1 spiro atoms. The lowest BCUT2D eigenvalue weighted by Gasteiger charge is -2.38. The van der Waals surface area contributed by atoms with Gasteiger partial charge in [-0.25, -0.2) is 0 Å². The van der Waals surface area contributed by atoms with E-state index in [-0.39, 0.29) is 30.3 Å². The molecule has 3 aliphatic heterocycles. The highest BCUT2D eigenvalue weighted by Crippen LogP contribution is 2.60. The maximum Gasteiger partial charge on any atom is 0.266 e. The van der Waals surface area contributed by atoms with Gasteiger partial charge in [-0.1, -0.05) is 87.5 Å². The minimum absolute atomic E-state index is 0.0874. The van der Waals surface area contributed by atoms with Crippen molar-refractivity contribution in [1.29, 1.82) is 0 Å². The number of carbonyl (C=O) groups is 2. The van der Waals surface area contributed by atoms with Gasteiger partial charge in [-0.3, -0.25) is 14.5 Å². The molecule has 0 radical (unpaired) electrons. The van der Waals surface area contributed by atoms with Crippen molar-refractivity contribution >= 4 is 28.9 Å². The fourth-order valence-electron chi connectivity index (χ4n) is 8.83. The second-order valence-corrected chi connectivity index (χ2v) is 14.5. The Labute approximate surface area is 304 Å². The third kappa shape index (κ3) is 5.20. The van der Waals surface area contributed by atoms with E-state index in [9.17, 15) is 9.90 Å². The maximum atomic E-state index is 15.2. The van der Waals surface area contributed by atoms with Gasteiger partial charge in [0.25, 0.3) is 11.8 Å². The molecule has 8 heteroatoms. The lowest BCUT2D eigenvalue weighted by atomic mass is 9.63. The Kier molecular flexibility index (Phi) is 8.39. The highest BCUT2D eigenvalue weighted by molar-refractivity contribution is 6.15. The van der Waals surface area contributed by atoms with Crippen molar-refractivity contribution in [2.24, 2.45) is 11.8 Å². The van der Waals surface area contributed by atoms with E-state index in [1.165, 1.54) is 0 Å². The number of fused-ring (bicyclic) bond motifs is 4. The smallest absolute Gasteiger partial charge is 0.266 e. The normalized spacial score (nSPS) is 22.1. The van der Waals surface area contributed by atoms with Crippen LogP contribution in [0.1, 0.15) is 54.2 Å². The first kappa shape index (κ1) is 33.7. The lowest BCUT2D eigenvalue weighted by Crippen LogP contribution is -2.45. The van der Waals surface area contributed by atoms with Gasteiger partial charge in [-0.05, 0) is 77.6 Å². The van der Waals surface area contributed by atoms with Gasteiger partial charge < -0.3 is 24.2 Å². The van der Waals surface area contributed by atoms with Crippen LogP contribution in [0.15, 0.2) is 121 Å². The minimum atomic E-state index is -1.38. The molecule has 8 nitrogen and oxygen atoms in total. The van der Waals surface area contributed by atoms with Gasteiger partial charge in [0.1, 0.15) is 11.5 Å². The summed E-state index contributed by atoms with van der Waals surface area (Å²) in [4.78, 5) is 33.2. The summed E-state index contributed by atoms with van der Waals surface area (Å²) in [7, 11) is 1.65. The summed E-state index contributed by atoms with van der Waals surface area (Å²) in [6.45, 7) is 6.74. The highest BCUT2D eigenvalue weighted by Gasteiger charge is 2.66. The Bertz CT molecular complexity index is 2150. The maximum absolute atomic E-state index is 15.2. The van der Waals surface area contributed by atoms with Crippen LogP contribution in [0.25, 0.3) is 0 Å². The zero-order chi connectivity index (χ0) is 36.2. The summed E-state index contributed by atoms with van der Waals surface area (Å²) < 4.78 is 18.9. The molecule has 2 amide bonds. The summed E-state index contributed by atoms with van der Waals surface area (Å²) in [5.74, 6) is 0.922. The van der Waals surface area contributed by atoms with Crippen LogP contribution in [0, 0.1) is 11.8 Å². The number of aliphatic hydroxyl groups excluding tert-OH is 1. The summed E-state index contributed by atoms with van der Waals surface area (Å²) in [6, 6.07) is 38.5. The molecule has 8 rings (SSSR count). The van der Waals surface area contributed by atoms with Gasteiger partial charge in [0, 0.05) is 29.7 Å². The Hall–Kier alpha value is -5.44. The predicted molar refractivity (Wildman–Crippen MR) is 200 cm³/mol. The predicted octanol–water partition coefficient (Wildman–Crippen LogP) is 8.53. The molecule has 5 aromatic carbocycles. The number of anilines is 3. The van der Waals surface area contributed by atoms with Crippen molar-refractivity contribution in [1.82, 2.24) is 0 Å². The number of carbonyl (C=O) groups excluding carboxylic acids is 2. The molecule has 52 heavy (non-hydrogen) atoms. The van der Waals surface area contributed by atoms with Crippen LogP contribution < -0.4 is 19.3 Å². The molecule has 3 heterocycles. The molecule has 4 atom stereocenters. The van der Waals surface area contributed by atoms with E-state index >= 15 is 4.79 Å². The number of aliphatic hydroxyl groups is 1. The van der Waals surface area contributed by atoms with E-state index < -0.39 is 17.1 Å². The fraction of sp³-hybridized carbons (Fsp3) is 0.273. The fourth-order valence-corrected chi connectivity index (χ4v) is 8.83. The van der Waals surface area contributed by atoms with Crippen LogP contribution in [0.4, 0.5) is 17.1 Å². The molecular formula is C44H42N2O6. The second-order valence-electron chi connectivity index (χ2n) is 14.5. The van der Waals surface area contributed by atoms with E-state index in [1.54, 1.807) is 24.1 Å². The molecule has 0 aromatic heterocycles. The Morgan fingerprint density at radius 3 is 2.25 bits per heavy atom. The number of ether oxygens (including phenoxy) is 3. The molecule has 0 saturated carbocycles. The van der Waals surface area contributed by atoms with Crippen LogP contribution in [-0.4, -0.2) is 36.7 Å². The van der Waals surface area contributed by atoms with Crippen molar-refractivity contribution in [3.05, 3.63) is 144 Å². The molecule has 1 N–H and O–H groups in total. The molecule has 3 aliphatic rings. The number of hydrogen-bond acceptors (Lipinski definition) is 6. The highest BCUT2D eigenvalue weighted by atomic mass is 16.5. The first-order chi connectivity index (χ1) is 25.2. The SMILES string of the molecule is COc1ccc(C(C)(C)[C@@H]2[C@@H](CCO)O[C@]3(C(=O)N(Cc4ccccc4)c4ccc(N5C(=O)c6ccccc6Oc6ccccc65)cc43)[C@H]2C)cc1. The van der Waals surface area contributed by atoms with E-state index in [4.69, 9.17) is 14.2 Å². The molecule has 0 bridgehead atoms. The van der Waals surface area contributed by atoms with Crippen LogP contribution in [0.2, 0.25) is 0 Å². The second kappa shape index (κ2) is 13.0. The Morgan fingerprint density at radius 1 is 0.827 bits per heavy atom. The quantitative estimate of drug-likeness (QED) is 0.175. The van der Waals surface area contributed by atoms with Gasteiger partial charge in [-0.15, -0.1) is 0 Å². The Balaban J connectivity index is 1.30.